The van der Waals surface area contributed by atoms with Crippen molar-refractivity contribution in [1.29, 1.82) is 0 Å². The predicted molar refractivity (Wildman–Crippen MR) is 62.0 cm³/mol. The van der Waals surface area contributed by atoms with E-state index in [9.17, 15) is 22.0 Å². The van der Waals surface area contributed by atoms with Gasteiger partial charge in [0.2, 0.25) is 5.88 Å². The van der Waals surface area contributed by atoms with E-state index in [1.165, 1.54) is 6.92 Å². The van der Waals surface area contributed by atoms with Crippen molar-refractivity contribution in [2.24, 2.45) is 0 Å². The molecule has 0 aliphatic heterocycles. The molecule has 0 atom stereocenters. The Hall–Kier alpha value is -1.67. The summed E-state index contributed by atoms with van der Waals surface area (Å²) in [7, 11) is 0. The van der Waals surface area contributed by atoms with Crippen LogP contribution in [-0.2, 0) is 0 Å². The lowest BCUT2D eigenvalue weighted by Crippen LogP contribution is -2.42. The number of ether oxygens (including phenoxy) is 1. The number of anilines is 1. The summed E-state index contributed by atoms with van der Waals surface area (Å²) >= 11 is 0. The maximum Gasteiger partial charge on any atom is 0.456 e. The minimum atomic E-state index is -5.66. The molecule has 0 bridgehead atoms. The average molecular weight is 299 g/mol. The van der Waals surface area contributed by atoms with E-state index in [1.807, 2.05) is 6.92 Å². The van der Waals surface area contributed by atoms with Crippen LogP contribution in [0.1, 0.15) is 18.9 Å². The van der Waals surface area contributed by atoms with Gasteiger partial charge in [0.15, 0.2) is 6.61 Å². The van der Waals surface area contributed by atoms with Crippen molar-refractivity contribution in [3.05, 3.63) is 11.9 Å². The maximum atomic E-state index is 12.7. The van der Waals surface area contributed by atoms with E-state index in [0.29, 0.717) is 12.4 Å². The number of aromatic nitrogens is 2. The monoisotopic (exact) mass is 299 g/mol. The summed E-state index contributed by atoms with van der Waals surface area (Å²) in [5, 5.41) is 2.89. The van der Waals surface area contributed by atoms with Gasteiger partial charge >= 0.3 is 12.1 Å². The first-order chi connectivity index (χ1) is 9.19. The zero-order chi connectivity index (χ0) is 15.4. The quantitative estimate of drug-likeness (QED) is 0.820. The molecule has 0 amide bonds. The van der Waals surface area contributed by atoms with Gasteiger partial charge in [-0.2, -0.15) is 22.0 Å². The summed E-state index contributed by atoms with van der Waals surface area (Å²) in [6.07, 6.45) is -3.82. The van der Waals surface area contributed by atoms with E-state index in [0.717, 1.165) is 12.7 Å². The van der Waals surface area contributed by atoms with Crippen LogP contribution in [0.5, 0.6) is 5.88 Å². The lowest BCUT2D eigenvalue weighted by Gasteiger charge is -2.20. The lowest BCUT2D eigenvalue weighted by atomic mass is 10.3. The lowest BCUT2D eigenvalue weighted by molar-refractivity contribution is -0.290. The molecule has 1 aromatic rings. The normalized spacial score (nSPS) is 12.3. The van der Waals surface area contributed by atoms with Gasteiger partial charge in [-0.1, -0.05) is 6.92 Å². The van der Waals surface area contributed by atoms with Crippen LogP contribution in [0.2, 0.25) is 0 Å². The summed E-state index contributed by atoms with van der Waals surface area (Å²) in [6, 6.07) is 0. The molecule has 0 aliphatic rings. The molecule has 0 aromatic carbocycles. The van der Waals surface area contributed by atoms with E-state index in [-0.39, 0.29) is 11.4 Å². The molecule has 0 unspecified atom stereocenters. The van der Waals surface area contributed by atoms with E-state index >= 15 is 0 Å². The smallest absolute Gasteiger partial charge is 0.456 e. The van der Waals surface area contributed by atoms with Gasteiger partial charge < -0.3 is 10.1 Å². The van der Waals surface area contributed by atoms with Crippen molar-refractivity contribution in [2.75, 3.05) is 18.5 Å². The van der Waals surface area contributed by atoms with Gasteiger partial charge in [-0.3, -0.25) is 0 Å². The van der Waals surface area contributed by atoms with Crippen LogP contribution < -0.4 is 10.1 Å². The summed E-state index contributed by atoms with van der Waals surface area (Å²) in [5.41, 5.74) is 0.277. The Bertz CT molecular complexity index is 450. The van der Waals surface area contributed by atoms with Crippen molar-refractivity contribution >= 4 is 5.82 Å². The number of nitrogens with one attached hydrogen (secondary N) is 1. The van der Waals surface area contributed by atoms with E-state index in [1.54, 1.807) is 0 Å². The highest BCUT2D eigenvalue weighted by Crippen LogP contribution is 2.36. The van der Waals surface area contributed by atoms with Crippen LogP contribution >= 0.6 is 0 Å². The molecule has 114 valence electrons. The first-order valence-corrected chi connectivity index (χ1v) is 5.82. The molecule has 0 saturated heterocycles. The summed E-state index contributed by atoms with van der Waals surface area (Å²) in [4.78, 5) is 7.42. The van der Waals surface area contributed by atoms with Crippen LogP contribution in [0.15, 0.2) is 6.33 Å². The SMILES string of the molecule is CCCNc1ncnc(OCC(F)(F)C(F)(F)F)c1C. The zero-order valence-corrected chi connectivity index (χ0v) is 10.9. The molecular formula is C11H14F5N3O. The molecule has 0 aliphatic carbocycles. The topological polar surface area (TPSA) is 47.0 Å². The first-order valence-electron chi connectivity index (χ1n) is 5.82. The molecule has 1 rings (SSSR count). The summed E-state index contributed by atoms with van der Waals surface area (Å²) in [5.74, 6) is -4.89. The molecule has 1 N–H and O–H groups in total. The van der Waals surface area contributed by atoms with Gasteiger partial charge in [0.1, 0.15) is 12.1 Å². The van der Waals surface area contributed by atoms with Crippen LogP contribution in [0.4, 0.5) is 27.8 Å². The third kappa shape index (κ3) is 3.91. The number of nitrogens with zero attached hydrogens (tertiary/aromatic N) is 2. The standard InChI is InChI=1S/C11H14F5N3O/c1-3-4-17-8-7(2)9(19-6-18-8)20-5-10(12,13)11(14,15)16/h6H,3-5H2,1-2H3,(H,17,18,19). The molecular weight excluding hydrogens is 285 g/mol. The van der Waals surface area contributed by atoms with Gasteiger partial charge in [-0.15, -0.1) is 0 Å². The van der Waals surface area contributed by atoms with Crippen LogP contribution in [-0.4, -0.2) is 35.2 Å². The molecule has 0 fully saturated rings. The van der Waals surface area contributed by atoms with Crippen molar-refractivity contribution in [3.8, 4) is 5.88 Å². The average Bonchev–Trinajstić information content (AvgIpc) is 2.35. The van der Waals surface area contributed by atoms with Crippen molar-refractivity contribution in [3.63, 3.8) is 0 Å². The fourth-order valence-corrected chi connectivity index (χ4v) is 1.24. The molecule has 20 heavy (non-hydrogen) atoms. The third-order valence-corrected chi connectivity index (χ3v) is 2.39. The third-order valence-electron chi connectivity index (χ3n) is 2.39. The molecule has 4 nitrogen and oxygen atoms in total. The molecule has 9 heteroatoms. The Kier molecular flexibility index (Phi) is 5.07. The second-order valence-corrected chi connectivity index (χ2v) is 4.07. The molecule has 1 aromatic heterocycles. The molecule has 1 heterocycles. The molecule has 0 saturated carbocycles. The van der Waals surface area contributed by atoms with Crippen LogP contribution in [0, 0.1) is 6.92 Å². The van der Waals surface area contributed by atoms with Crippen molar-refractivity contribution in [2.45, 2.75) is 32.4 Å². The highest BCUT2D eigenvalue weighted by Gasteiger charge is 2.58. The highest BCUT2D eigenvalue weighted by molar-refractivity contribution is 5.47. The predicted octanol–water partition coefficient (Wildman–Crippen LogP) is 3.18. The zero-order valence-electron chi connectivity index (χ0n) is 10.9. The Morgan fingerprint density at radius 2 is 1.85 bits per heavy atom. The van der Waals surface area contributed by atoms with Crippen molar-refractivity contribution < 1.29 is 26.7 Å². The highest BCUT2D eigenvalue weighted by atomic mass is 19.4. The fourth-order valence-electron chi connectivity index (χ4n) is 1.24. The van der Waals surface area contributed by atoms with E-state index < -0.39 is 18.7 Å². The number of alkyl halides is 5. The first kappa shape index (κ1) is 16.4. The van der Waals surface area contributed by atoms with E-state index in [2.05, 4.69) is 20.0 Å². The Balaban J connectivity index is 2.79. The number of hydrogen-bond donors (Lipinski definition) is 1. The van der Waals surface area contributed by atoms with Gasteiger partial charge in [0.05, 0.1) is 5.56 Å². The second-order valence-electron chi connectivity index (χ2n) is 4.07. The minimum absolute atomic E-state index is 0.277. The Labute approximate surface area is 112 Å². The van der Waals surface area contributed by atoms with E-state index in [4.69, 9.17) is 0 Å². The number of rotatable bonds is 6. The Morgan fingerprint density at radius 3 is 2.40 bits per heavy atom. The van der Waals surface area contributed by atoms with Gasteiger partial charge in [0.25, 0.3) is 0 Å². The number of halogens is 5. The summed E-state index contributed by atoms with van der Waals surface area (Å²) < 4.78 is 66.0. The fraction of sp³-hybridized carbons (Fsp3) is 0.636. The van der Waals surface area contributed by atoms with Crippen LogP contribution in [0.3, 0.4) is 0 Å². The maximum absolute atomic E-state index is 12.7. The largest absolute Gasteiger partial charge is 0.471 e. The van der Waals surface area contributed by atoms with Gasteiger partial charge in [-0.05, 0) is 13.3 Å². The Morgan fingerprint density at radius 1 is 1.20 bits per heavy atom. The minimum Gasteiger partial charge on any atom is -0.471 e. The molecule has 0 spiro atoms. The van der Waals surface area contributed by atoms with Gasteiger partial charge in [0, 0.05) is 6.54 Å². The van der Waals surface area contributed by atoms with Gasteiger partial charge in [-0.25, -0.2) is 9.97 Å². The second kappa shape index (κ2) is 6.19. The summed E-state index contributed by atoms with van der Waals surface area (Å²) in [6.45, 7) is 2.14. The number of hydrogen-bond acceptors (Lipinski definition) is 4. The van der Waals surface area contributed by atoms with Crippen molar-refractivity contribution in [1.82, 2.24) is 9.97 Å². The van der Waals surface area contributed by atoms with Crippen LogP contribution in [0.25, 0.3) is 0 Å². The molecule has 0 radical (unpaired) electrons.